The van der Waals surface area contributed by atoms with Gasteiger partial charge in [-0.2, -0.15) is 0 Å². The molecule has 2 rings (SSSR count). The molecule has 3 nitrogen and oxygen atoms in total. The number of carbonyl (C=O) groups is 2. The standard InChI is InChI=1S/C27H33F4NO2/c1-4-5-6-7-8-9-10-11-12-17-32(26(33)22-20(28)15-13-18(2)24(22)30)27(34)23-21(29)16-14-19(3)25(23)31/h13-16H,4-12,17H2,1-3H3. The van der Waals surface area contributed by atoms with Gasteiger partial charge in [-0.15, -0.1) is 0 Å². The molecule has 0 aliphatic carbocycles. The zero-order valence-electron chi connectivity index (χ0n) is 20.2. The van der Waals surface area contributed by atoms with Crippen molar-refractivity contribution >= 4 is 11.8 Å². The van der Waals surface area contributed by atoms with Crippen LogP contribution in [0, 0.1) is 37.1 Å². The molecule has 0 unspecified atom stereocenters. The number of imide groups is 1. The Morgan fingerprint density at radius 3 is 1.44 bits per heavy atom. The van der Waals surface area contributed by atoms with Gasteiger partial charge < -0.3 is 0 Å². The molecule has 0 spiro atoms. The highest BCUT2D eigenvalue weighted by Gasteiger charge is 2.32. The second-order valence-corrected chi connectivity index (χ2v) is 8.70. The third-order valence-electron chi connectivity index (χ3n) is 5.97. The van der Waals surface area contributed by atoms with Crippen LogP contribution in [0.1, 0.15) is 96.6 Å². The van der Waals surface area contributed by atoms with Crippen LogP contribution in [0.4, 0.5) is 17.6 Å². The van der Waals surface area contributed by atoms with Crippen molar-refractivity contribution < 1.29 is 27.2 Å². The topological polar surface area (TPSA) is 37.4 Å². The van der Waals surface area contributed by atoms with Gasteiger partial charge in [0.1, 0.15) is 34.4 Å². The van der Waals surface area contributed by atoms with Gasteiger partial charge in [-0.05, 0) is 43.5 Å². The summed E-state index contributed by atoms with van der Waals surface area (Å²) in [6, 6.07) is 4.21. The van der Waals surface area contributed by atoms with Crippen molar-refractivity contribution in [2.45, 2.75) is 78.6 Å². The maximum atomic E-state index is 14.6. The Kier molecular flexibility index (Phi) is 10.7. The lowest BCUT2D eigenvalue weighted by molar-refractivity contribution is 0.0602. The van der Waals surface area contributed by atoms with E-state index in [1.165, 1.54) is 45.2 Å². The number of benzene rings is 2. The van der Waals surface area contributed by atoms with E-state index < -0.39 is 46.2 Å². The van der Waals surface area contributed by atoms with Crippen molar-refractivity contribution in [3.05, 3.63) is 69.8 Å². The molecule has 0 bridgehead atoms. The molecule has 2 aromatic carbocycles. The summed E-state index contributed by atoms with van der Waals surface area (Å²) in [6.45, 7) is 4.67. The predicted molar refractivity (Wildman–Crippen MR) is 125 cm³/mol. The average molecular weight is 480 g/mol. The highest BCUT2D eigenvalue weighted by atomic mass is 19.1. The maximum Gasteiger partial charge on any atom is 0.266 e. The first kappa shape index (κ1) is 27.5. The van der Waals surface area contributed by atoms with Crippen LogP contribution in [0.3, 0.4) is 0 Å². The number of unbranched alkanes of at least 4 members (excludes halogenated alkanes) is 8. The zero-order valence-corrected chi connectivity index (χ0v) is 20.2. The van der Waals surface area contributed by atoms with Crippen LogP contribution >= 0.6 is 0 Å². The monoisotopic (exact) mass is 479 g/mol. The predicted octanol–water partition coefficient (Wildman–Crippen LogP) is 7.67. The summed E-state index contributed by atoms with van der Waals surface area (Å²) in [5.41, 5.74) is -1.77. The fourth-order valence-corrected chi connectivity index (χ4v) is 3.85. The number of hydrogen-bond donors (Lipinski definition) is 0. The summed E-state index contributed by atoms with van der Waals surface area (Å²) >= 11 is 0. The SMILES string of the molecule is CCCCCCCCCCCN(C(=O)c1c(F)ccc(C)c1F)C(=O)c1c(F)ccc(C)c1F. The number of amides is 2. The van der Waals surface area contributed by atoms with E-state index in [2.05, 4.69) is 6.92 Å². The van der Waals surface area contributed by atoms with Crippen molar-refractivity contribution in [2.24, 2.45) is 0 Å². The van der Waals surface area contributed by atoms with Crippen LogP contribution < -0.4 is 0 Å². The fraction of sp³-hybridized carbons (Fsp3) is 0.481. The van der Waals surface area contributed by atoms with Gasteiger partial charge in [-0.1, -0.05) is 70.4 Å². The number of carbonyl (C=O) groups excluding carboxylic acids is 2. The Labute approximate surface area is 199 Å². The van der Waals surface area contributed by atoms with Crippen molar-refractivity contribution in [2.75, 3.05) is 6.54 Å². The first-order valence-electron chi connectivity index (χ1n) is 12.0. The van der Waals surface area contributed by atoms with E-state index in [9.17, 15) is 27.2 Å². The van der Waals surface area contributed by atoms with Gasteiger partial charge in [0.2, 0.25) is 0 Å². The molecule has 2 aromatic rings. The first-order valence-corrected chi connectivity index (χ1v) is 12.0. The molecular formula is C27H33F4NO2. The van der Waals surface area contributed by atoms with Crippen LogP contribution in [0.2, 0.25) is 0 Å². The molecule has 186 valence electrons. The van der Waals surface area contributed by atoms with E-state index in [1.54, 1.807) is 0 Å². The van der Waals surface area contributed by atoms with Crippen molar-refractivity contribution in [1.29, 1.82) is 0 Å². The molecule has 2 amide bonds. The second kappa shape index (κ2) is 13.3. The molecule has 34 heavy (non-hydrogen) atoms. The normalized spacial score (nSPS) is 11.0. The Balaban J connectivity index is 2.22. The van der Waals surface area contributed by atoms with Gasteiger partial charge in [0.15, 0.2) is 0 Å². The lowest BCUT2D eigenvalue weighted by atomic mass is 10.0. The van der Waals surface area contributed by atoms with Crippen LogP contribution in [0.5, 0.6) is 0 Å². The molecule has 0 saturated heterocycles. The highest BCUT2D eigenvalue weighted by molar-refractivity contribution is 6.10. The summed E-state index contributed by atoms with van der Waals surface area (Å²) in [5.74, 6) is -6.96. The van der Waals surface area contributed by atoms with E-state index >= 15 is 0 Å². The minimum Gasteiger partial charge on any atom is -0.274 e. The fourth-order valence-electron chi connectivity index (χ4n) is 3.85. The molecule has 0 heterocycles. The lowest BCUT2D eigenvalue weighted by Crippen LogP contribution is -2.39. The van der Waals surface area contributed by atoms with Gasteiger partial charge >= 0.3 is 0 Å². The highest BCUT2D eigenvalue weighted by Crippen LogP contribution is 2.23. The molecule has 0 saturated carbocycles. The van der Waals surface area contributed by atoms with E-state index in [4.69, 9.17) is 0 Å². The molecule has 0 fully saturated rings. The maximum absolute atomic E-state index is 14.6. The Hall–Kier alpha value is -2.70. The Morgan fingerprint density at radius 1 is 0.647 bits per heavy atom. The smallest absolute Gasteiger partial charge is 0.266 e. The first-order chi connectivity index (χ1) is 16.2. The molecular weight excluding hydrogens is 446 g/mol. The molecule has 0 aliphatic rings. The summed E-state index contributed by atoms with van der Waals surface area (Å²) in [4.78, 5) is 26.8. The molecule has 0 aliphatic heterocycles. The lowest BCUT2D eigenvalue weighted by Gasteiger charge is -2.23. The van der Waals surface area contributed by atoms with Crippen molar-refractivity contribution in [1.82, 2.24) is 4.90 Å². The molecule has 0 atom stereocenters. The van der Waals surface area contributed by atoms with E-state index in [-0.39, 0.29) is 17.7 Å². The minimum atomic E-state index is -1.25. The molecule has 0 radical (unpaired) electrons. The van der Waals surface area contributed by atoms with Crippen molar-refractivity contribution in [3.63, 3.8) is 0 Å². The van der Waals surface area contributed by atoms with Gasteiger partial charge in [-0.3, -0.25) is 14.5 Å². The summed E-state index contributed by atoms with van der Waals surface area (Å²) < 4.78 is 58.1. The summed E-state index contributed by atoms with van der Waals surface area (Å²) in [5, 5.41) is 0. The van der Waals surface area contributed by atoms with Crippen LogP contribution in [-0.2, 0) is 0 Å². The summed E-state index contributed by atoms with van der Waals surface area (Å²) in [7, 11) is 0. The van der Waals surface area contributed by atoms with Gasteiger partial charge in [0.25, 0.3) is 11.8 Å². The van der Waals surface area contributed by atoms with Gasteiger partial charge in [0, 0.05) is 6.54 Å². The quantitative estimate of drug-likeness (QED) is 0.178. The van der Waals surface area contributed by atoms with E-state index in [1.807, 2.05) is 0 Å². The van der Waals surface area contributed by atoms with Crippen LogP contribution in [0.15, 0.2) is 24.3 Å². The molecule has 0 N–H and O–H groups in total. The number of rotatable bonds is 12. The average Bonchev–Trinajstić information content (AvgIpc) is 2.80. The largest absolute Gasteiger partial charge is 0.274 e. The zero-order chi connectivity index (χ0) is 25.3. The van der Waals surface area contributed by atoms with E-state index in [0.29, 0.717) is 17.7 Å². The number of hydrogen-bond acceptors (Lipinski definition) is 2. The van der Waals surface area contributed by atoms with E-state index in [0.717, 1.165) is 37.8 Å². The molecule has 7 heteroatoms. The third-order valence-corrected chi connectivity index (χ3v) is 5.97. The minimum absolute atomic E-state index is 0.0214. The van der Waals surface area contributed by atoms with Crippen LogP contribution in [-0.4, -0.2) is 23.3 Å². The Bertz CT molecular complexity index is 937. The number of aryl methyl sites for hydroxylation is 2. The van der Waals surface area contributed by atoms with Crippen LogP contribution in [0.25, 0.3) is 0 Å². The van der Waals surface area contributed by atoms with Gasteiger partial charge in [-0.25, -0.2) is 17.6 Å². The Morgan fingerprint density at radius 2 is 1.03 bits per heavy atom. The second-order valence-electron chi connectivity index (χ2n) is 8.70. The number of halogens is 4. The third kappa shape index (κ3) is 6.90. The molecule has 0 aromatic heterocycles. The van der Waals surface area contributed by atoms with Crippen molar-refractivity contribution in [3.8, 4) is 0 Å². The van der Waals surface area contributed by atoms with Gasteiger partial charge in [0.05, 0.1) is 0 Å². The summed E-state index contributed by atoms with van der Waals surface area (Å²) in [6.07, 6.45) is 8.68. The number of nitrogens with zero attached hydrogens (tertiary/aromatic N) is 1.